The van der Waals surface area contributed by atoms with Crippen LogP contribution in [0.3, 0.4) is 0 Å². The molecule has 0 saturated carbocycles. The van der Waals surface area contributed by atoms with Gasteiger partial charge >= 0.3 is 0 Å². The van der Waals surface area contributed by atoms with Crippen molar-refractivity contribution in [1.82, 2.24) is 0 Å². The molecule has 2 atom stereocenters. The molecule has 4 nitrogen and oxygen atoms in total. The standard InChI is InChI=1S/2C13H28O2/c2*1-2-3-7-10-13(15)11-8-5-4-6-9-12-14/h2*13-15H,2-12H2,1H3. The molecule has 0 saturated heterocycles. The molecule has 0 aromatic carbocycles. The van der Waals surface area contributed by atoms with E-state index < -0.39 is 0 Å². The minimum absolute atomic E-state index is 0.0746. The van der Waals surface area contributed by atoms with E-state index in [2.05, 4.69) is 13.8 Å². The van der Waals surface area contributed by atoms with Crippen molar-refractivity contribution >= 4 is 0 Å². The topological polar surface area (TPSA) is 80.9 Å². The third-order valence-electron chi connectivity index (χ3n) is 5.67. The SMILES string of the molecule is CCCCCC(O)CCCCCCCO.CCCCCC(O)CCCCCCCO. The Kier molecular flexibility index (Phi) is 30.8. The van der Waals surface area contributed by atoms with E-state index in [4.69, 9.17) is 10.2 Å². The molecule has 0 rings (SSSR count). The van der Waals surface area contributed by atoms with E-state index in [-0.39, 0.29) is 12.2 Å². The van der Waals surface area contributed by atoms with Crippen molar-refractivity contribution in [3.8, 4) is 0 Å². The average molecular weight is 433 g/mol. The Morgan fingerprint density at radius 1 is 0.400 bits per heavy atom. The summed E-state index contributed by atoms with van der Waals surface area (Å²) in [4.78, 5) is 0. The normalized spacial score (nSPS) is 13.0. The minimum Gasteiger partial charge on any atom is -0.396 e. The molecule has 4 N–H and O–H groups in total. The Bertz CT molecular complexity index is 258. The zero-order valence-corrected chi connectivity index (χ0v) is 20.5. The first-order valence-corrected chi connectivity index (χ1v) is 13.2. The zero-order chi connectivity index (χ0) is 22.7. The number of aliphatic hydroxyl groups is 4. The fraction of sp³-hybridized carbons (Fsp3) is 1.00. The summed E-state index contributed by atoms with van der Waals surface area (Å²) in [7, 11) is 0. The molecule has 184 valence electrons. The first kappa shape index (κ1) is 32.0. The summed E-state index contributed by atoms with van der Waals surface area (Å²) in [6.07, 6.45) is 22.2. The van der Waals surface area contributed by atoms with E-state index in [9.17, 15) is 10.2 Å². The highest BCUT2D eigenvalue weighted by Gasteiger charge is 2.03. The molecule has 0 heterocycles. The van der Waals surface area contributed by atoms with Gasteiger partial charge in [-0.15, -0.1) is 0 Å². The molecule has 0 aromatic heterocycles. The van der Waals surface area contributed by atoms with Gasteiger partial charge in [-0.2, -0.15) is 0 Å². The van der Waals surface area contributed by atoms with Gasteiger partial charge in [0.15, 0.2) is 0 Å². The van der Waals surface area contributed by atoms with Crippen molar-refractivity contribution in [2.75, 3.05) is 13.2 Å². The third-order valence-corrected chi connectivity index (χ3v) is 5.67. The van der Waals surface area contributed by atoms with Crippen molar-refractivity contribution in [2.45, 2.75) is 154 Å². The Hall–Kier alpha value is -0.160. The Morgan fingerprint density at radius 2 is 0.667 bits per heavy atom. The van der Waals surface area contributed by atoms with Crippen LogP contribution in [-0.2, 0) is 0 Å². The van der Waals surface area contributed by atoms with Crippen molar-refractivity contribution in [1.29, 1.82) is 0 Å². The molecule has 0 radical (unpaired) electrons. The van der Waals surface area contributed by atoms with Crippen LogP contribution in [0.25, 0.3) is 0 Å². The van der Waals surface area contributed by atoms with Gasteiger partial charge in [-0.05, 0) is 38.5 Å². The van der Waals surface area contributed by atoms with Crippen LogP contribution in [0, 0.1) is 0 Å². The molecule has 0 bridgehead atoms. The highest BCUT2D eigenvalue weighted by molar-refractivity contribution is 4.57. The molecule has 0 aliphatic heterocycles. The summed E-state index contributed by atoms with van der Waals surface area (Å²) >= 11 is 0. The smallest absolute Gasteiger partial charge is 0.0540 e. The Morgan fingerprint density at radius 3 is 0.967 bits per heavy atom. The Labute approximate surface area is 188 Å². The molecule has 2 unspecified atom stereocenters. The highest BCUT2D eigenvalue weighted by atomic mass is 16.3. The predicted octanol–water partition coefficient (Wildman–Crippen LogP) is 6.52. The summed E-state index contributed by atoms with van der Waals surface area (Å²) in [5.74, 6) is 0. The van der Waals surface area contributed by atoms with Gasteiger partial charge < -0.3 is 20.4 Å². The lowest BCUT2D eigenvalue weighted by Gasteiger charge is -2.09. The van der Waals surface area contributed by atoms with E-state index in [1.165, 1.54) is 64.2 Å². The summed E-state index contributed by atoms with van der Waals surface area (Å²) in [5, 5.41) is 36.5. The largest absolute Gasteiger partial charge is 0.396 e. The van der Waals surface area contributed by atoms with Crippen LogP contribution in [0.5, 0.6) is 0 Å². The minimum atomic E-state index is -0.0746. The molecule has 0 spiro atoms. The number of rotatable bonds is 22. The second-order valence-electron chi connectivity index (χ2n) is 8.86. The Balaban J connectivity index is 0. The second kappa shape index (κ2) is 28.8. The molecule has 0 amide bonds. The molecule has 4 heteroatoms. The number of hydrogen-bond acceptors (Lipinski definition) is 4. The van der Waals surface area contributed by atoms with Crippen molar-refractivity contribution in [3.05, 3.63) is 0 Å². The van der Waals surface area contributed by atoms with Gasteiger partial charge in [-0.25, -0.2) is 0 Å². The third kappa shape index (κ3) is 30.0. The molecular weight excluding hydrogens is 376 g/mol. The molecule has 0 aromatic rings. The lowest BCUT2D eigenvalue weighted by molar-refractivity contribution is 0.147. The van der Waals surface area contributed by atoms with E-state index >= 15 is 0 Å². The maximum absolute atomic E-state index is 9.64. The van der Waals surface area contributed by atoms with Gasteiger partial charge in [0.1, 0.15) is 0 Å². The summed E-state index contributed by atoms with van der Waals surface area (Å²) in [6, 6.07) is 0. The van der Waals surface area contributed by atoms with Crippen LogP contribution in [0.1, 0.15) is 142 Å². The molecule has 0 fully saturated rings. The van der Waals surface area contributed by atoms with Crippen LogP contribution in [0.15, 0.2) is 0 Å². The van der Waals surface area contributed by atoms with Crippen LogP contribution in [-0.4, -0.2) is 45.8 Å². The van der Waals surface area contributed by atoms with Crippen molar-refractivity contribution in [3.63, 3.8) is 0 Å². The number of hydrogen-bond donors (Lipinski definition) is 4. The maximum Gasteiger partial charge on any atom is 0.0540 e. The number of aliphatic hydroxyl groups excluding tert-OH is 4. The number of unbranched alkanes of at least 4 members (excludes halogenated alkanes) is 12. The molecule has 0 aliphatic carbocycles. The van der Waals surface area contributed by atoms with Crippen LogP contribution < -0.4 is 0 Å². The van der Waals surface area contributed by atoms with Crippen LogP contribution >= 0.6 is 0 Å². The zero-order valence-electron chi connectivity index (χ0n) is 20.5. The fourth-order valence-corrected chi connectivity index (χ4v) is 3.59. The average Bonchev–Trinajstić information content (AvgIpc) is 2.74. The molecule has 0 aliphatic rings. The quantitative estimate of drug-likeness (QED) is 0.147. The van der Waals surface area contributed by atoms with Gasteiger partial charge in [-0.1, -0.05) is 104 Å². The summed E-state index contributed by atoms with van der Waals surface area (Å²) in [5.41, 5.74) is 0. The van der Waals surface area contributed by atoms with E-state index in [0.29, 0.717) is 13.2 Å². The van der Waals surface area contributed by atoms with E-state index in [1.54, 1.807) is 0 Å². The predicted molar refractivity (Wildman–Crippen MR) is 130 cm³/mol. The van der Waals surface area contributed by atoms with Gasteiger partial charge in [-0.3, -0.25) is 0 Å². The van der Waals surface area contributed by atoms with Crippen molar-refractivity contribution in [2.24, 2.45) is 0 Å². The fourth-order valence-electron chi connectivity index (χ4n) is 3.59. The van der Waals surface area contributed by atoms with E-state index in [1.807, 2.05) is 0 Å². The summed E-state index contributed by atoms with van der Waals surface area (Å²) < 4.78 is 0. The first-order valence-electron chi connectivity index (χ1n) is 13.2. The highest BCUT2D eigenvalue weighted by Crippen LogP contribution is 2.13. The van der Waals surface area contributed by atoms with Crippen LogP contribution in [0.2, 0.25) is 0 Å². The van der Waals surface area contributed by atoms with Crippen molar-refractivity contribution < 1.29 is 20.4 Å². The first-order chi connectivity index (χ1) is 14.6. The van der Waals surface area contributed by atoms with Gasteiger partial charge in [0.25, 0.3) is 0 Å². The van der Waals surface area contributed by atoms with Gasteiger partial charge in [0.2, 0.25) is 0 Å². The molecule has 30 heavy (non-hydrogen) atoms. The van der Waals surface area contributed by atoms with Gasteiger partial charge in [0, 0.05) is 13.2 Å². The lowest BCUT2D eigenvalue weighted by atomic mass is 10.0. The van der Waals surface area contributed by atoms with Crippen LogP contribution in [0.4, 0.5) is 0 Å². The lowest BCUT2D eigenvalue weighted by Crippen LogP contribution is -2.05. The molecular formula is C26H56O4. The second-order valence-corrected chi connectivity index (χ2v) is 8.86. The monoisotopic (exact) mass is 432 g/mol. The summed E-state index contributed by atoms with van der Waals surface area (Å²) in [6.45, 7) is 5.01. The van der Waals surface area contributed by atoms with Gasteiger partial charge in [0.05, 0.1) is 12.2 Å². The maximum atomic E-state index is 9.64. The van der Waals surface area contributed by atoms with E-state index in [0.717, 1.165) is 64.2 Å².